The molecule has 0 bridgehead atoms. The van der Waals surface area contributed by atoms with Gasteiger partial charge < -0.3 is 9.47 Å². The smallest absolute Gasteiger partial charge is 0.257 e. The van der Waals surface area contributed by atoms with Crippen molar-refractivity contribution in [3.63, 3.8) is 0 Å². The Morgan fingerprint density at radius 3 is 2.76 bits per heavy atom. The lowest BCUT2D eigenvalue weighted by molar-refractivity contribution is 0.102. The van der Waals surface area contributed by atoms with Gasteiger partial charge in [0.1, 0.15) is 13.2 Å². The van der Waals surface area contributed by atoms with E-state index >= 15 is 0 Å². The highest BCUT2D eigenvalue weighted by Gasteiger charge is 2.16. The summed E-state index contributed by atoms with van der Waals surface area (Å²) in [5, 5.41) is 5.36. The number of fused-ring (bicyclic) bond motifs is 1. The molecular weight excluding hydrogens is 336 g/mol. The number of benzene rings is 2. The zero-order valence-corrected chi connectivity index (χ0v) is 14.4. The quantitative estimate of drug-likeness (QED) is 0.769. The molecule has 0 atom stereocenters. The van der Waals surface area contributed by atoms with Crippen LogP contribution in [0.2, 0.25) is 0 Å². The summed E-state index contributed by atoms with van der Waals surface area (Å²) in [6, 6.07) is 13.2. The maximum Gasteiger partial charge on any atom is 0.257 e. The zero-order valence-electron chi connectivity index (χ0n) is 13.6. The highest BCUT2D eigenvalue weighted by molar-refractivity contribution is 7.14. The second-order valence-corrected chi connectivity index (χ2v) is 6.52. The second-order valence-electron chi connectivity index (χ2n) is 5.67. The molecule has 25 heavy (non-hydrogen) atoms. The van der Waals surface area contributed by atoms with Crippen LogP contribution < -0.4 is 14.8 Å². The van der Waals surface area contributed by atoms with Crippen LogP contribution in [0.25, 0.3) is 11.3 Å². The summed E-state index contributed by atoms with van der Waals surface area (Å²) in [5.41, 5.74) is 3.59. The molecule has 1 aliphatic heterocycles. The van der Waals surface area contributed by atoms with Crippen LogP contribution in [0.4, 0.5) is 5.13 Å². The average Bonchev–Trinajstić information content (AvgIpc) is 3.10. The van der Waals surface area contributed by atoms with Crippen LogP contribution in [-0.2, 0) is 0 Å². The SMILES string of the molecule is Cc1ccccc1-c1csc(NC(=O)c2ccc3c(c2)OCCO3)n1. The first kappa shape index (κ1) is 15.7. The molecule has 0 saturated heterocycles. The number of aryl methyl sites for hydroxylation is 1. The van der Waals surface area contributed by atoms with Crippen LogP contribution in [0.5, 0.6) is 11.5 Å². The van der Waals surface area contributed by atoms with Gasteiger partial charge in [0.2, 0.25) is 0 Å². The lowest BCUT2D eigenvalue weighted by Gasteiger charge is -2.18. The van der Waals surface area contributed by atoms with Crippen molar-refractivity contribution in [2.75, 3.05) is 18.5 Å². The molecule has 3 aromatic rings. The Kier molecular flexibility index (Phi) is 4.11. The summed E-state index contributed by atoms with van der Waals surface area (Å²) in [4.78, 5) is 17.0. The third kappa shape index (κ3) is 3.21. The number of nitrogens with zero attached hydrogens (tertiary/aromatic N) is 1. The van der Waals surface area contributed by atoms with Gasteiger partial charge in [-0.05, 0) is 30.7 Å². The molecule has 0 fully saturated rings. The van der Waals surface area contributed by atoms with Crippen LogP contribution >= 0.6 is 11.3 Å². The summed E-state index contributed by atoms with van der Waals surface area (Å²) in [6.07, 6.45) is 0. The molecule has 0 spiro atoms. The fraction of sp³-hybridized carbons (Fsp3) is 0.158. The standard InChI is InChI=1S/C19H16N2O3S/c1-12-4-2-3-5-14(12)15-11-25-19(20-15)21-18(22)13-6-7-16-17(10-13)24-9-8-23-16/h2-7,10-11H,8-9H2,1H3,(H,20,21,22). The molecule has 1 amide bonds. The molecule has 0 radical (unpaired) electrons. The monoisotopic (exact) mass is 352 g/mol. The predicted octanol–water partition coefficient (Wildman–Crippen LogP) is 4.14. The number of rotatable bonds is 3. The Morgan fingerprint density at radius 2 is 1.92 bits per heavy atom. The minimum Gasteiger partial charge on any atom is -0.486 e. The van der Waals surface area contributed by atoms with Crippen molar-refractivity contribution < 1.29 is 14.3 Å². The normalized spacial score (nSPS) is 12.7. The fourth-order valence-electron chi connectivity index (χ4n) is 2.67. The molecule has 5 nitrogen and oxygen atoms in total. The number of carbonyl (C=O) groups is 1. The Bertz CT molecular complexity index is 936. The van der Waals surface area contributed by atoms with E-state index in [2.05, 4.69) is 10.3 Å². The van der Waals surface area contributed by atoms with Gasteiger partial charge in [-0.2, -0.15) is 0 Å². The molecule has 2 heterocycles. The molecule has 1 N–H and O–H groups in total. The first-order valence-corrected chi connectivity index (χ1v) is 8.81. The fourth-order valence-corrected chi connectivity index (χ4v) is 3.37. The minimum absolute atomic E-state index is 0.220. The summed E-state index contributed by atoms with van der Waals surface area (Å²) in [5.74, 6) is 1.04. The van der Waals surface area contributed by atoms with Crippen LogP contribution in [0.3, 0.4) is 0 Å². The number of anilines is 1. The number of carbonyl (C=O) groups excluding carboxylic acids is 1. The van der Waals surface area contributed by atoms with Gasteiger partial charge in [0.15, 0.2) is 16.6 Å². The Hall–Kier alpha value is -2.86. The molecule has 0 saturated carbocycles. The lowest BCUT2D eigenvalue weighted by Crippen LogP contribution is -2.17. The van der Waals surface area contributed by atoms with Crippen molar-refractivity contribution in [2.45, 2.75) is 6.92 Å². The highest BCUT2D eigenvalue weighted by atomic mass is 32.1. The highest BCUT2D eigenvalue weighted by Crippen LogP contribution is 2.31. The number of amides is 1. The van der Waals surface area contributed by atoms with Gasteiger partial charge in [0, 0.05) is 16.5 Å². The zero-order chi connectivity index (χ0) is 17.2. The summed E-state index contributed by atoms with van der Waals surface area (Å²) < 4.78 is 11.0. The van der Waals surface area contributed by atoms with Gasteiger partial charge in [-0.15, -0.1) is 11.3 Å². The first-order valence-electron chi connectivity index (χ1n) is 7.93. The van der Waals surface area contributed by atoms with Crippen molar-refractivity contribution >= 4 is 22.4 Å². The lowest BCUT2D eigenvalue weighted by atomic mass is 10.1. The van der Waals surface area contributed by atoms with E-state index in [4.69, 9.17) is 9.47 Å². The number of hydrogen-bond donors (Lipinski definition) is 1. The summed E-state index contributed by atoms with van der Waals surface area (Å²) >= 11 is 1.41. The van der Waals surface area contributed by atoms with E-state index in [0.29, 0.717) is 35.4 Å². The van der Waals surface area contributed by atoms with Gasteiger partial charge in [-0.3, -0.25) is 10.1 Å². The van der Waals surface area contributed by atoms with E-state index < -0.39 is 0 Å². The van der Waals surface area contributed by atoms with Crippen LogP contribution in [0.15, 0.2) is 47.8 Å². The van der Waals surface area contributed by atoms with Crippen molar-refractivity contribution in [1.82, 2.24) is 4.98 Å². The van der Waals surface area contributed by atoms with Crippen LogP contribution in [0, 0.1) is 6.92 Å². The number of hydrogen-bond acceptors (Lipinski definition) is 5. The van der Waals surface area contributed by atoms with Gasteiger partial charge >= 0.3 is 0 Å². The number of aromatic nitrogens is 1. The van der Waals surface area contributed by atoms with E-state index in [1.54, 1.807) is 18.2 Å². The molecule has 0 unspecified atom stereocenters. The molecule has 0 aliphatic carbocycles. The molecule has 126 valence electrons. The largest absolute Gasteiger partial charge is 0.486 e. The van der Waals surface area contributed by atoms with E-state index in [9.17, 15) is 4.79 Å². The molecule has 1 aliphatic rings. The van der Waals surface area contributed by atoms with Crippen molar-refractivity contribution in [3.8, 4) is 22.8 Å². The van der Waals surface area contributed by atoms with Crippen molar-refractivity contribution in [3.05, 3.63) is 59.0 Å². The average molecular weight is 352 g/mol. The summed E-state index contributed by atoms with van der Waals surface area (Å²) in [7, 11) is 0. The summed E-state index contributed by atoms with van der Waals surface area (Å²) in [6.45, 7) is 3.06. The van der Waals surface area contributed by atoms with E-state index in [1.807, 2.05) is 36.6 Å². The number of thiazole rings is 1. The van der Waals surface area contributed by atoms with Crippen molar-refractivity contribution in [2.24, 2.45) is 0 Å². The molecule has 1 aromatic heterocycles. The third-order valence-electron chi connectivity index (χ3n) is 3.95. The Morgan fingerprint density at radius 1 is 1.12 bits per heavy atom. The van der Waals surface area contributed by atoms with Gasteiger partial charge in [-0.25, -0.2) is 4.98 Å². The number of nitrogens with one attached hydrogen (secondary N) is 1. The Balaban J connectivity index is 1.53. The van der Waals surface area contributed by atoms with Gasteiger partial charge in [0.25, 0.3) is 5.91 Å². The van der Waals surface area contributed by atoms with E-state index in [-0.39, 0.29) is 5.91 Å². The van der Waals surface area contributed by atoms with Crippen molar-refractivity contribution in [1.29, 1.82) is 0 Å². The Labute approximate surface area is 149 Å². The second kappa shape index (κ2) is 6.57. The minimum atomic E-state index is -0.220. The van der Waals surface area contributed by atoms with E-state index in [0.717, 1.165) is 16.8 Å². The topological polar surface area (TPSA) is 60.5 Å². The van der Waals surface area contributed by atoms with E-state index in [1.165, 1.54) is 11.3 Å². The number of ether oxygens (including phenoxy) is 2. The van der Waals surface area contributed by atoms with Crippen LogP contribution in [-0.4, -0.2) is 24.1 Å². The van der Waals surface area contributed by atoms with Gasteiger partial charge in [0.05, 0.1) is 5.69 Å². The first-order chi connectivity index (χ1) is 12.2. The predicted molar refractivity (Wildman–Crippen MR) is 97.7 cm³/mol. The molecule has 4 rings (SSSR count). The van der Waals surface area contributed by atoms with Gasteiger partial charge in [-0.1, -0.05) is 24.3 Å². The maximum absolute atomic E-state index is 12.5. The van der Waals surface area contributed by atoms with Crippen LogP contribution in [0.1, 0.15) is 15.9 Å². The third-order valence-corrected chi connectivity index (χ3v) is 4.71. The molecular formula is C19H16N2O3S. The molecule has 6 heteroatoms. The maximum atomic E-state index is 12.5. The molecule has 2 aromatic carbocycles.